The summed E-state index contributed by atoms with van der Waals surface area (Å²) in [5.74, 6) is -3.52. The minimum Gasteiger partial charge on any atom is -0.482 e. The molecular weight excluding hydrogens is 609 g/mol. The molecule has 3 aliphatic rings. The van der Waals surface area contributed by atoms with Crippen LogP contribution >= 0.6 is 0 Å². The predicted molar refractivity (Wildman–Crippen MR) is 166 cm³/mol. The van der Waals surface area contributed by atoms with Crippen LogP contribution in [0.5, 0.6) is 5.75 Å². The fraction of sp³-hybridized carbons (Fsp3) is 0.472. The second-order valence-electron chi connectivity index (χ2n) is 13.8. The molecule has 3 aromatic rings. The number of rotatable bonds is 6. The minimum atomic E-state index is -1.42. The molecule has 0 amide bonds. The number of esters is 2. The van der Waals surface area contributed by atoms with Crippen LogP contribution in [0.2, 0.25) is 0 Å². The van der Waals surface area contributed by atoms with Gasteiger partial charge < -0.3 is 23.7 Å². The van der Waals surface area contributed by atoms with Crippen molar-refractivity contribution in [2.75, 3.05) is 6.61 Å². The summed E-state index contributed by atoms with van der Waals surface area (Å²) in [6.07, 6.45) is 1.73. The summed E-state index contributed by atoms with van der Waals surface area (Å²) < 4.78 is 38.3. The Bertz CT molecular complexity index is 1790. The van der Waals surface area contributed by atoms with Crippen molar-refractivity contribution in [3.63, 3.8) is 0 Å². The van der Waals surface area contributed by atoms with E-state index in [1.54, 1.807) is 25.3 Å². The molecule has 11 heteroatoms. The standard InChI is InChI=1S/C36H38FNO9/c1-19(39)24-11-12-34(3)27(35(24,4)18-44-20(2)40)16-28(46-32(42)21-8-6-10-23(37)14-21)36(5)31(34)30(41)29-26(47-36)15-25(45-33(29)43)22-9-7-13-38-17-22/h6-10,13-15,17,24,27-28,30-31,41H,11-12,16,18H2,1-5H3/t24-,27?,28+,30+,31?,34+,35-,36-/m1/s1. The average Bonchev–Trinajstić information content (AvgIpc) is 3.00. The highest BCUT2D eigenvalue weighted by Gasteiger charge is 2.70. The Labute approximate surface area is 271 Å². The lowest BCUT2D eigenvalue weighted by molar-refractivity contribution is -0.256. The zero-order valence-corrected chi connectivity index (χ0v) is 26.9. The van der Waals surface area contributed by atoms with E-state index >= 15 is 0 Å². The predicted octanol–water partition coefficient (Wildman–Crippen LogP) is 5.46. The van der Waals surface area contributed by atoms with E-state index in [-0.39, 0.29) is 41.4 Å². The van der Waals surface area contributed by atoms with Gasteiger partial charge in [-0.2, -0.15) is 0 Å². The molecule has 1 N–H and O–H groups in total. The Morgan fingerprint density at radius 3 is 2.53 bits per heavy atom. The number of aliphatic hydroxyl groups excluding tert-OH is 1. The fourth-order valence-corrected chi connectivity index (χ4v) is 8.96. The number of Topliss-reactive ketones (excluding diaryl/α,β-unsaturated/α-hetero) is 1. The summed E-state index contributed by atoms with van der Waals surface area (Å²) in [6, 6.07) is 10.1. The second kappa shape index (κ2) is 11.7. The van der Waals surface area contributed by atoms with Crippen molar-refractivity contribution in [2.24, 2.45) is 28.6 Å². The van der Waals surface area contributed by atoms with E-state index in [9.17, 15) is 28.7 Å². The number of carbonyl (C=O) groups excluding carboxylic acids is 3. The van der Waals surface area contributed by atoms with Gasteiger partial charge in [0, 0.05) is 48.2 Å². The average molecular weight is 648 g/mol. The Hall–Kier alpha value is -4.38. The molecule has 2 aliphatic carbocycles. The number of nitrogens with zero attached hydrogens (tertiary/aromatic N) is 1. The second-order valence-corrected chi connectivity index (χ2v) is 13.8. The third kappa shape index (κ3) is 5.34. The fourth-order valence-electron chi connectivity index (χ4n) is 8.96. The van der Waals surface area contributed by atoms with E-state index in [1.807, 2.05) is 13.8 Å². The number of carbonyl (C=O) groups is 3. The first-order valence-electron chi connectivity index (χ1n) is 15.7. The van der Waals surface area contributed by atoms with Gasteiger partial charge in [-0.3, -0.25) is 14.6 Å². The summed E-state index contributed by atoms with van der Waals surface area (Å²) in [6.45, 7) is 8.34. The van der Waals surface area contributed by atoms with Crippen LogP contribution in [-0.2, 0) is 19.1 Å². The van der Waals surface area contributed by atoms with Crippen LogP contribution in [0, 0.1) is 34.4 Å². The quantitative estimate of drug-likeness (QED) is 0.343. The van der Waals surface area contributed by atoms with Crippen LogP contribution in [0.1, 0.15) is 75.9 Å². The van der Waals surface area contributed by atoms with Crippen molar-refractivity contribution in [1.82, 2.24) is 4.98 Å². The summed E-state index contributed by atoms with van der Waals surface area (Å²) >= 11 is 0. The Morgan fingerprint density at radius 1 is 1.11 bits per heavy atom. The molecule has 2 saturated carbocycles. The molecule has 0 radical (unpaired) electrons. The first-order chi connectivity index (χ1) is 22.2. The number of halogens is 1. The van der Waals surface area contributed by atoms with Gasteiger partial charge in [-0.1, -0.05) is 19.9 Å². The molecule has 2 aromatic heterocycles. The van der Waals surface area contributed by atoms with Crippen LogP contribution in [-0.4, -0.2) is 46.1 Å². The van der Waals surface area contributed by atoms with Crippen LogP contribution < -0.4 is 10.4 Å². The van der Waals surface area contributed by atoms with E-state index in [0.717, 1.165) is 6.07 Å². The van der Waals surface area contributed by atoms with Crippen molar-refractivity contribution in [2.45, 2.75) is 71.7 Å². The van der Waals surface area contributed by atoms with Gasteiger partial charge in [0.1, 0.15) is 40.4 Å². The van der Waals surface area contributed by atoms with Crippen molar-refractivity contribution in [1.29, 1.82) is 0 Å². The number of ether oxygens (including phenoxy) is 3. The highest BCUT2D eigenvalue weighted by Crippen LogP contribution is 2.68. The van der Waals surface area contributed by atoms with E-state index in [1.165, 1.54) is 44.3 Å². The number of hydrogen-bond donors (Lipinski definition) is 1. The van der Waals surface area contributed by atoms with Crippen LogP contribution in [0.3, 0.4) is 0 Å². The lowest BCUT2D eigenvalue weighted by Gasteiger charge is -2.66. The normalized spacial score (nSPS) is 32.5. The van der Waals surface area contributed by atoms with E-state index in [2.05, 4.69) is 4.98 Å². The van der Waals surface area contributed by atoms with E-state index in [0.29, 0.717) is 18.4 Å². The third-order valence-corrected chi connectivity index (χ3v) is 11.0. The number of fused-ring (bicyclic) bond motifs is 4. The molecular formula is C36H38FNO9. The zero-order valence-electron chi connectivity index (χ0n) is 26.9. The Morgan fingerprint density at radius 2 is 1.87 bits per heavy atom. The minimum absolute atomic E-state index is 0.0114. The van der Waals surface area contributed by atoms with Gasteiger partial charge in [-0.25, -0.2) is 14.0 Å². The molecule has 3 heterocycles. The molecule has 2 fully saturated rings. The lowest BCUT2D eigenvalue weighted by Crippen LogP contribution is -2.71. The van der Waals surface area contributed by atoms with Gasteiger partial charge in [0.15, 0.2) is 0 Å². The smallest absolute Gasteiger partial charge is 0.345 e. The van der Waals surface area contributed by atoms with Gasteiger partial charge in [0.05, 0.1) is 18.3 Å². The molecule has 47 heavy (non-hydrogen) atoms. The van der Waals surface area contributed by atoms with E-state index < -0.39 is 69.8 Å². The summed E-state index contributed by atoms with van der Waals surface area (Å²) in [5, 5.41) is 12.2. The van der Waals surface area contributed by atoms with Gasteiger partial charge in [-0.05, 0) is 74.8 Å². The molecule has 0 saturated heterocycles. The first-order valence-corrected chi connectivity index (χ1v) is 15.7. The van der Waals surface area contributed by atoms with Gasteiger partial charge >= 0.3 is 17.6 Å². The molecule has 10 nitrogen and oxygen atoms in total. The summed E-state index contributed by atoms with van der Waals surface area (Å²) in [5.41, 5.74) is -3.46. The summed E-state index contributed by atoms with van der Waals surface area (Å²) in [7, 11) is 0. The lowest BCUT2D eigenvalue weighted by atomic mass is 9.41. The van der Waals surface area contributed by atoms with Crippen LogP contribution in [0.15, 0.2) is 64.1 Å². The molecule has 0 bridgehead atoms. The number of aromatic nitrogens is 1. The third-order valence-electron chi connectivity index (χ3n) is 11.0. The number of ketones is 1. The summed E-state index contributed by atoms with van der Waals surface area (Å²) in [4.78, 5) is 56.4. The number of benzene rings is 1. The maximum absolute atomic E-state index is 14.1. The number of hydrogen-bond acceptors (Lipinski definition) is 10. The molecule has 8 atom stereocenters. The maximum Gasteiger partial charge on any atom is 0.345 e. The molecule has 248 valence electrons. The maximum atomic E-state index is 14.1. The molecule has 1 aliphatic heterocycles. The highest BCUT2D eigenvalue weighted by atomic mass is 19.1. The Kier molecular flexibility index (Phi) is 8.10. The SMILES string of the molecule is CC(=O)OC[C@@]1(C)C2C[C@H](OC(=O)c3cccc(F)c3)[C@@]3(C)Oc4cc(-c5cccnc5)oc(=O)c4[C@H](O)C3[C@@]2(C)CC[C@@H]1C(C)=O. The molecule has 1 aromatic carbocycles. The van der Waals surface area contributed by atoms with Crippen molar-refractivity contribution in [3.05, 3.63) is 82.2 Å². The van der Waals surface area contributed by atoms with Gasteiger partial charge in [0.25, 0.3) is 0 Å². The molecule has 0 spiro atoms. The van der Waals surface area contributed by atoms with Gasteiger partial charge in [-0.15, -0.1) is 0 Å². The Balaban J connectivity index is 1.51. The topological polar surface area (TPSA) is 142 Å². The number of aliphatic hydroxyl groups is 1. The monoisotopic (exact) mass is 647 g/mol. The van der Waals surface area contributed by atoms with Crippen LogP contribution in [0.25, 0.3) is 11.3 Å². The molecule has 6 rings (SSSR count). The molecule has 2 unspecified atom stereocenters. The van der Waals surface area contributed by atoms with Gasteiger partial charge in [0.2, 0.25) is 0 Å². The van der Waals surface area contributed by atoms with Crippen molar-refractivity contribution >= 4 is 17.7 Å². The largest absolute Gasteiger partial charge is 0.482 e. The highest BCUT2D eigenvalue weighted by molar-refractivity contribution is 5.89. The zero-order chi connectivity index (χ0) is 33.9. The van der Waals surface area contributed by atoms with E-state index in [4.69, 9.17) is 18.6 Å². The van der Waals surface area contributed by atoms with Crippen molar-refractivity contribution in [3.8, 4) is 17.1 Å². The van der Waals surface area contributed by atoms with Crippen molar-refractivity contribution < 1.29 is 42.5 Å². The first kappa shape index (κ1) is 32.6. The number of pyridine rings is 1. The van der Waals surface area contributed by atoms with Crippen LogP contribution in [0.4, 0.5) is 4.39 Å².